The highest BCUT2D eigenvalue weighted by molar-refractivity contribution is 5.02. The Labute approximate surface area is 103 Å². The molecule has 0 spiro atoms. The van der Waals surface area contributed by atoms with E-state index in [2.05, 4.69) is 27.7 Å². The maximum Gasteiger partial charge on any atom is 0.0993 e. The van der Waals surface area contributed by atoms with E-state index in [0.29, 0.717) is 6.04 Å². The highest BCUT2D eigenvalue weighted by Gasteiger charge is 2.40. The third-order valence-electron chi connectivity index (χ3n) is 4.66. The van der Waals surface area contributed by atoms with Crippen LogP contribution in [0.3, 0.4) is 0 Å². The number of rotatable bonds is 5. The highest BCUT2D eigenvalue weighted by Crippen LogP contribution is 2.50. The third-order valence-corrected chi connectivity index (χ3v) is 4.66. The molecule has 1 aromatic heterocycles. The molecular formula is C13H22N4. The number of aromatic nitrogens is 3. The van der Waals surface area contributed by atoms with Crippen molar-refractivity contribution in [2.75, 3.05) is 6.54 Å². The second-order valence-corrected chi connectivity index (χ2v) is 5.68. The van der Waals surface area contributed by atoms with E-state index < -0.39 is 0 Å². The monoisotopic (exact) mass is 234 g/mol. The first-order chi connectivity index (χ1) is 8.36. The van der Waals surface area contributed by atoms with Crippen LogP contribution in [0.2, 0.25) is 0 Å². The topological polar surface area (TPSA) is 53.6 Å². The molecule has 2 N–H and O–H groups in total. The fraction of sp³-hybridized carbons (Fsp3) is 0.846. The molecule has 4 heteroatoms. The number of aromatic amines is 1. The summed E-state index contributed by atoms with van der Waals surface area (Å²) in [6.45, 7) is 3.16. The Morgan fingerprint density at radius 2 is 2.41 bits per heavy atom. The molecular weight excluding hydrogens is 212 g/mol. The van der Waals surface area contributed by atoms with Gasteiger partial charge in [-0.25, -0.2) is 0 Å². The normalized spacial score (nSPS) is 33.1. The number of H-pyrrole nitrogens is 1. The van der Waals surface area contributed by atoms with Crippen molar-refractivity contribution in [1.29, 1.82) is 0 Å². The van der Waals surface area contributed by atoms with Gasteiger partial charge in [0.2, 0.25) is 0 Å². The van der Waals surface area contributed by atoms with Crippen LogP contribution >= 0.6 is 0 Å². The highest BCUT2D eigenvalue weighted by atomic mass is 15.3. The molecule has 3 rings (SSSR count). The van der Waals surface area contributed by atoms with E-state index in [1.165, 1.54) is 32.1 Å². The zero-order valence-corrected chi connectivity index (χ0v) is 10.5. The van der Waals surface area contributed by atoms with E-state index in [0.717, 1.165) is 30.0 Å². The van der Waals surface area contributed by atoms with E-state index in [4.69, 9.17) is 0 Å². The molecule has 4 unspecified atom stereocenters. The Balaban J connectivity index is 1.65. The summed E-state index contributed by atoms with van der Waals surface area (Å²) in [4.78, 5) is 0. The first-order valence-corrected chi connectivity index (χ1v) is 6.96. The minimum Gasteiger partial charge on any atom is -0.309 e. The van der Waals surface area contributed by atoms with Crippen LogP contribution in [0.5, 0.6) is 0 Å². The SMILES string of the molecule is CCNC(CC1CC2CCC1C2)c1cn[nH]n1. The van der Waals surface area contributed by atoms with Crippen LogP contribution in [0, 0.1) is 17.8 Å². The molecule has 17 heavy (non-hydrogen) atoms. The lowest BCUT2D eigenvalue weighted by atomic mass is 9.83. The summed E-state index contributed by atoms with van der Waals surface area (Å²) < 4.78 is 0. The van der Waals surface area contributed by atoms with Gasteiger partial charge in [-0.1, -0.05) is 13.3 Å². The molecule has 4 atom stereocenters. The summed E-state index contributed by atoms with van der Waals surface area (Å²) in [5.74, 6) is 2.94. The van der Waals surface area contributed by atoms with Crippen LogP contribution in [0.4, 0.5) is 0 Å². The van der Waals surface area contributed by atoms with Crippen molar-refractivity contribution >= 4 is 0 Å². The minimum absolute atomic E-state index is 0.392. The van der Waals surface area contributed by atoms with Crippen molar-refractivity contribution in [2.24, 2.45) is 17.8 Å². The molecule has 2 aliphatic carbocycles. The predicted octanol–water partition coefficient (Wildman–Crippen LogP) is 2.28. The molecule has 2 aliphatic rings. The molecule has 0 aromatic carbocycles. The van der Waals surface area contributed by atoms with Crippen molar-refractivity contribution in [3.05, 3.63) is 11.9 Å². The van der Waals surface area contributed by atoms with Crippen LogP contribution in [0.25, 0.3) is 0 Å². The van der Waals surface area contributed by atoms with Crippen molar-refractivity contribution in [3.63, 3.8) is 0 Å². The van der Waals surface area contributed by atoms with Crippen molar-refractivity contribution < 1.29 is 0 Å². The summed E-state index contributed by atoms with van der Waals surface area (Å²) in [7, 11) is 0. The number of nitrogens with zero attached hydrogens (tertiary/aromatic N) is 2. The molecule has 0 aliphatic heterocycles. The molecule has 94 valence electrons. The zero-order valence-electron chi connectivity index (χ0n) is 10.5. The second kappa shape index (κ2) is 4.77. The van der Waals surface area contributed by atoms with Gasteiger partial charge >= 0.3 is 0 Å². The van der Waals surface area contributed by atoms with Crippen LogP contribution in [0.1, 0.15) is 50.8 Å². The van der Waals surface area contributed by atoms with Gasteiger partial charge in [-0.15, -0.1) is 0 Å². The van der Waals surface area contributed by atoms with E-state index in [9.17, 15) is 0 Å². The predicted molar refractivity (Wildman–Crippen MR) is 66.4 cm³/mol. The van der Waals surface area contributed by atoms with E-state index in [1.54, 1.807) is 0 Å². The van der Waals surface area contributed by atoms with Crippen LogP contribution in [-0.2, 0) is 0 Å². The molecule has 2 fully saturated rings. The van der Waals surface area contributed by atoms with Crippen molar-refractivity contribution in [1.82, 2.24) is 20.7 Å². The molecule has 2 bridgehead atoms. The molecule has 0 radical (unpaired) electrons. The minimum atomic E-state index is 0.392. The van der Waals surface area contributed by atoms with E-state index >= 15 is 0 Å². The van der Waals surface area contributed by atoms with Crippen molar-refractivity contribution in [3.8, 4) is 0 Å². The summed E-state index contributed by atoms with van der Waals surface area (Å²) in [5.41, 5.74) is 1.08. The fourth-order valence-corrected chi connectivity index (χ4v) is 3.90. The van der Waals surface area contributed by atoms with Crippen molar-refractivity contribution in [2.45, 2.75) is 45.1 Å². The van der Waals surface area contributed by atoms with Crippen LogP contribution < -0.4 is 5.32 Å². The lowest BCUT2D eigenvalue weighted by molar-refractivity contribution is 0.278. The average Bonchev–Trinajstić information content (AvgIpc) is 3.06. The number of fused-ring (bicyclic) bond motifs is 2. The maximum atomic E-state index is 4.24. The van der Waals surface area contributed by atoms with Crippen LogP contribution in [0.15, 0.2) is 6.20 Å². The smallest absolute Gasteiger partial charge is 0.0993 e. The molecule has 4 nitrogen and oxygen atoms in total. The summed E-state index contributed by atoms with van der Waals surface area (Å²) in [6, 6.07) is 0.392. The van der Waals surface area contributed by atoms with Gasteiger partial charge in [0.1, 0.15) is 0 Å². The summed E-state index contributed by atoms with van der Waals surface area (Å²) in [5, 5.41) is 14.4. The first-order valence-electron chi connectivity index (χ1n) is 6.96. The molecule has 0 saturated heterocycles. The van der Waals surface area contributed by atoms with Gasteiger partial charge in [0.05, 0.1) is 17.9 Å². The van der Waals surface area contributed by atoms with Gasteiger partial charge in [-0.3, -0.25) is 0 Å². The number of nitrogens with one attached hydrogen (secondary N) is 2. The molecule has 1 aromatic rings. The van der Waals surface area contributed by atoms with E-state index in [1.807, 2.05) is 6.20 Å². The summed E-state index contributed by atoms with van der Waals surface area (Å²) in [6.07, 6.45) is 8.98. The lowest BCUT2D eigenvalue weighted by Gasteiger charge is -2.26. The molecule has 1 heterocycles. The Bertz CT molecular complexity index is 348. The maximum absolute atomic E-state index is 4.24. The van der Waals surface area contributed by atoms with Gasteiger partial charge in [0, 0.05) is 0 Å². The fourth-order valence-electron chi connectivity index (χ4n) is 3.90. The Morgan fingerprint density at radius 1 is 1.47 bits per heavy atom. The second-order valence-electron chi connectivity index (χ2n) is 5.68. The third kappa shape index (κ3) is 2.23. The molecule has 0 amide bonds. The average molecular weight is 234 g/mol. The van der Waals surface area contributed by atoms with Gasteiger partial charge in [-0.2, -0.15) is 15.4 Å². The number of hydrogen-bond acceptors (Lipinski definition) is 3. The van der Waals surface area contributed by atoms with Gasteiger partial charge in [-0.05, 0) is 50.0 Å². The van der Waals surface area contributed by atoms with Gasteiger partial charge in [0.15, 0.2) is 0 Å². The van der Waals surface area contributed by atoms with Crippen LogP contribution in [-0.4, -0.2) is 22.0 Å². The zero-order chi connectivity index (χ0) is 11.7. The Hall–Kier alpha value is -0.900. The molecule has 2 saturated carbocycles. The van der Waals surface area contributed by atoms with Gasteiger partial charge < -0.3 is 5.32 Å². The van der Waals surface area contributed by atoms with E-state index in [-0.39, 0.29) is 0 Å². The lowest BCUT2D eigenvalue weighted by Crippen LogP contribution is -2.25. The first kappa shape index (κ1) is 11.2. The Morgan fingerprint density at radius 3 is 3.00 bits per heavy atom. The quantitative estimate of drug-likeness (QED) is 0.822. The standard InChI is InChI=1S/C13H22N4/c1-2-14-12(13-8-15-17-16-13)7-11-6-9-3-4-10(11)5-9/h8-12,14H,2-7H2,1H3,(H,15,16,17). The number of hydrogen-bond donors (Lipinski definition) is 2. The largest absolute Gasteiger partial charge is 0.309 e. The Kier molecular flexibility index (Phi) is 3.14. The summed E-state index contributed by atoms with van der Waals surface area (Å²) >= 11 is 0. The van der Waals surface area contributed by atoms with Gasteiger partial charge in [0.25, 0.3) is 0 Å².